The fourth-order valence-corrected chi connectivity index (χ4v) is 1.62. The number of rotatable bonds is 4. The third kappa shape index (κ3) is 3.23. The van der Waals surface area contributed by atoms with Crippen molar-refractivity contribution in [3.8, 4) is 0 Å². The second-order valence-corrected chi connectivity index (χ2v) is 4.60. The summed E-state index contributed by atoms with van der Waals surface area (Å²) in [4.78, 5) is 42.7. The molecule has 1 aromatic rings. The molecule has 16 heavy (non-hydrogen) atoms. The van der Waals surface area contributed by atoms with E-state index in [9.17, 15) is 14.2 Å². The Bertz CT molecular complexity index is 479. The van der Waals surface area contributed by atoms with Crippen LogP contribution in [-0.2, 0) is 4.57 Å². The maximum absolute atomic E-state index is 11.4. The van der Waals surface area contributed by atoms with E-state index in [1.54, 1.807) is 0 Å². The Labute approximate surface area is 89.9 Å². The van der Waals surface area contributed by atoms with Crippen molar-refractivity contribution in [3.05, 3.63) is 29.6 Å². The van der Waals surface area contributed by atoms with Crippen LogP contribution in [0.25, 0.3) is 0 Å². The van der Waals surface area contributed by atoms with E-state index in [4.69, 9.17) is 14.9 Å². The monoisotopic (exact) mass is 245 g/mol. The van der Waals surface area contributed by atoms with Crippen LogP contribution in [0.2, 0.25) is 0 Å². The number of carboxylic acids is 1. The molecule has 0 aliphatic carbocycles. The second kappa shape index (κ2) is 4.52. The molecule has 0 saturated heterocycles. The van der Waals surface area contributed by atoms with Crippen molar-refractivity contribution in [3.63, 3.8) is 0 Å². The summed E-state index contributed by atoms with van der Waals surface area (Å²) in [5, 5.41) is 8.70. The van der Waals surface area contributed by atoms with Gasteiger partial charge in [0.15, 0.2) is 11.5 Å². The minimum Gasteiger partial charge on any atom is -0.476 e. The highest BCUT2D eigenvalue weighted by molar-refractivity contribution is 7.52. The fraction of sp³-hybridized carbons (Fsp3) is 0.125. The molecule has 1 aromatic heterocycles. The van der Waals surface area contributed by atoms with E-state index in [1.165, 1.54) is 12.3 Å². The van der Waals surface area contributed by atoms with E-state index >= 15 is 0 Å². The van der Waals surface area contributed by atoms with Gasteiger partial charge in [-0.05, 0) is 12.1 Å². The van der Waals surface area contributed by atoms with Crippen LogP contribution >= 0.6 is 7.60 Å². The average Bonchev–Trinajstić information content (AvgIpc) is 2.15. The van der Waals surface area contributed by atoms with E-state index in [0.29, 0.717) is 0 Å². The SMILES string of the molecule is O=C(CP(=O)(O)O)c1cccnc1C(=O)O. The summed E-state index contributed by atoms with van der Waals surface area (Å²) >= 11 is 0. The lowest BCUT2D eigenvalue weighted by Gasteiger charge is -2.05. The van der Waals surface area contributed by atoms with Crippen molar-refractivity contribution < 1.29 is 29.0 Å². The molecule has 0 unspecified atom stereocenters. The van der Waals surface area contributed by atoms with Gasteiger partial charge in [-0.25, -0.2) is 9.78 Å². The fourth-order valence-electron chi connectivity index (χ4n) is 1.07. The van der Waals surface area contributed by atoms with E-state index in [-0.39, 0.29) is 5.56 Å². The minimum atomic E-state index is -4.51. The normalized spacial score (nSPS) is 11.1. The smallest absolute Gasteiger partial charge is 0.355 e. The first kappa shape index (κ1) is 12.5. The number of aromatic nitrogens is 1. The molecule has 0 saturated carbocycles. The quantitative estimate of drug-likeness (QED) is 0.508. The lowest BCUT2D eigenvalue weighted by atomic mass is 10.1. The van der Waals surface area contributed by atoms with Crippen LogP contribution in [0.4, 0.5) is 0 Å². The molecular formula is C8H8NO6P. The predicted molar refractivity (Wildman–Crippen MR) is 52.4 cm³/mol. The van der Waals surface area contributed by atoms with Crippen LogP contribution in [0.1, 0.15) is 20.8 Å². The number of carbonyl (C=O) groups excluding carboxylic acids is 1. The van der Waals surface area contributed by atoms with Gasteiger partial charge in [-0.3, -0.25) is 9.36 Å². The van der Waals surface area contributed by atoms with E-state index in [0.717, 1.165) is 6.07 Å². The molecule has 0 spiro atoms. The summed E-state index contributed by atoms with van der Waals surface area (Å²) in [5.74, 6) is -2.37. The minimum absolute atomic E-state index is 0.307. The Morgan fingerprint density at radius 3 is 2.50 bits per heavy atom. The third-order valence-corrected chi connectivity index (χ3v) is 2.36. The van der Waals surface area contributed by atoms with Crippen molar-refractivity contribution in [2.75, 3.05) is 6.16 Å². The molecule has 0 fully saturated rings. The first-order valence-electron chi connectivity index (χ1n) is 4.07. The molecule has 0 atom stereocenters. The summed E-state index contributed by atoms with van der Waals surface area (Å²) in [6, 6.07) is 2.48. The van der Waals surface area contributed by atoms with E-state index in [1.807, 2.05) is 0 Å². The van der Waals surface area contributed by atoms with Gasteiger partial charge in [0.05, 0.1) is 5.56 Å². The molecule has 1 rings (SSSR count). The average molecular weight is 245 g/mol. The summed E-state index contributed by atoms with van der Waals surface area (Å²) in [7, 11) is -4.51. The molecule has 0 aliphatic heterocycles. The molecule has 7 nitrogen and oxygen atoms in total. The van der Waals surface area contributed by atoms with Gasteiger partial charge >= 0.3 is 13.6 Å². The van der Waals surface area contributed by atoms with Gasteiger partial charge in [-0.1, -0.05) is 0 Å². The maximum atomic E-state index is 11.4. The number of ketones is 1. The van der Waals surface area contributed by atoms with Crippen LogP contribution in [0.15, 0.2) is 18.3 Å². The van der Waals surface area contributed by atoms with Gasteiger partial charge in [-0.15, -0.1) is 0 Å². The zero-order valence-electron chi connectivity index (χ0n) is 7.90. The second-order valence-electron chi connectivity index (χ2n) is 2.95. The molecular weight excluding hydrogens is 237 g/mol. The highest BCUT2D eigenvalue weighted by Crippen LogP contribution is 2.35. The molecule has 8 heteroatoms. The lowest BCUT2D eigenvalue weighted by Crippen LogP contribution is -2.13. The van der Waals surface area contributed by atoms with Crippen molar-refractivity contribution in [2.24, 2.45) is 0 Å². The van der Waals surface area contributed by atoms with Gasteiger partial charge < -0.3 is 14.9 Å². The maximum Gasteiger partial charge on any atom is 0.355 e. The number of hydrogen-bond acceptors (Lipinski definition) is 4. The molecule has 0 bridgehead atoms. The number of aromatic carboxylic acids is 1. The largest absolute Gasteiger partial charge is 0.476 e. The predicted octanol–water partition coefficient (Wildman–Crippen LogP) is 0.140. The number of nitrogens with zero attached hydrogens (tertiary/aromatic N) is 1. The number of hydrogen-bond donors (Lipinski definition) is 3. The Morgan fingerprint density at radius 1 is 1.38 bits per heavy atom. The Balaban J connectivity index is 3.09. The van der Waals surface area contributed by atoms with Gasteiger partial charge in [0, 0.05) is 6.20 Å². The summed E-state index contributed by atoms with van der Waals surface area (Å²) in [6.45, 7) is 0. The standard InChI is InChI=1S/C8H8NO6P/c10-6(4-16(13,14)15)5-2-1-3-9-7(5)8(11)12/h1-3H,4H2,(H,11,12)(H2,13,14,15). The molecule has 3 N–H and O–H groups in total. The highest BCUT2D eigenvalue weighted by atomic mass is 31.2. The topological polar surface area (TPSA) is 125 Å². The van der Waals surface area contributed by atoms with Crippen LogP contribution in [0, 0.1) is 0 Å². The first-order chi connectivity index (χ1) is 7.31. The van der Waals surface area contributed by atoms with Crippen molar-refractivity contribution in [2.45, 2.75) is 0 Å². The van der Waals surface area contributed by atoms with Crippen molar-refractivity contribution >= 4 is 19.3 Å². The summed E-state index contributed by atoms with van der Waals surface area (Å²) in [5.41, 5.74) is -0.820. The first-order valence-corrected chi connectivity index (χ1v) is 5.87. The Hall–Kier alpha value is -1.56. The molecule has 0 radical (unpaired) electrons. The molecule has 1 heterocycles. The summed E-state index contributed by atoms with van der Waals surface area (Å²) in [6.07, 6.45) is 0.149. The number of Topliss-reactive ketones (excluding diaryl/α,β-unsaturated/α-hetero) is 1. The lowest BCUT2D eigenvalue weighted by molar-refractivity contribution is 0.0685. The zero-order chi connectivity index (χ0) is 12.3. The zero-order valence-corrected chi connectivity index (χ0v) is 8.79. The van der Waals surface area contributed by atoms with Crippen LogP contribution < -0.4 is 0 Å². The van der Waals surface area contributed by atoms with Crippen LogP contribution in [0.5, 0.6) is 0 Å². The number of carboxylic acid groups (broad SMARTS) is 1. The Morgan fingerprint density at radius 2 is 2.00 bits per heavy atom. The Kier molecular flexibility index (Phi) is 3.54. The van der Waals surface area contributed by atoms with Gasteiger partial charge in [-0.2, -0.15) is 0 Å². The number of carbonyl (C=O) groups is 2. The molecule has 0 aromatic carbocycles. The van der Waals surface area contributed by atoms with Crippen LogP contribution in [0.3, 0.4) is 0 Å². The van der Waals surface area contributed by atoms with E-state index in [2.05, 4.69) is 4.98 Å². The summed E-state index contributed by atoms with van der Waals surface area (Å²) < 4.78 is 10.6. The van der Waals surface area contributed by atoms with Crippen LogP contribution in [-0.4, -0.2) is 37.8 Å². The molecule has 0 aliphatic rings. The van der Waals surface area contributed by atoms with Crippen molar-refractivity contribution in [1.29, 1.82) is 0 Å². The molecule has 86 valence electrons. The number of pyridine rings is 1. The molecule has 0 amide bonds. The van der Waals surface area contributed by atoms with Gasteiger partial charge in [0.25, 0.3) is 0 Å². The van der Waals surface area contributed by atoms with Crippen molar-refractivity contribution in [1.82, 2.24) is 4.98 Å². The van der Waals surface area contributed by atoms with E-state index < -0.39 is 31.2 Å². The van der Waals surface area contributed by atoms with Gasteiger partial charge in [0.2, 0.25) is 0 Å². The third-order valence-electron chi connectivity index (χ3n) is 1.66. The highest BCUT2D eigenvalue weighted by Gasteiger charge is 2.24. The van der Waals surface area contributed by atoms with Gasteiger partial charge in [0.1, 0.15) is 6.16 Å².